The number of hydrogen-bond donors (Lipinski definition) is 2. The lowest BCUT2D eigenvalue weighted by molar-refractivity contribution is -0.118. The van der Waals surface area contributed by atoms with Crippen molar-refractivity contribution < 1.29 is 9.90 Å². The molecular formula is C21H21NO2. The number of rotatable bonds is 5. The largest absolute Gasteiger partial charge is 0.392 e. The van der Waals surface area contributed by atoms with Crippen LogP contribution in [0.5, 0.6) is 0 Å². The third-order valence-electron chi connectivity index (χ3n) is 4.16. The fourth-order valence-electron chi connectivity index (χ4n) is 2.96. The Kier molecular flexibility index (Phi) is 4.92. The Hall–Kier alpha value is -2.65. The van der Waals surface area contributed by atoms with Crippen LogP contribution < -0.4 is 5.32 Å². The Morgan fingerprint density at radius 1 is 1.00 bits per heavy atom. The van der Waals surface area contributed by atoms with E-state index in [1.165, 1.54) is 18.1 Å². The highest BCUT2D eigenvalue weighted by atomic mass is 16.3. The maximum Gasteiger partial charge on any atom is 0.216 e. The summed E-state index contributed by atoms with van der Waals surface area (Å²) in [7, 11) is 0. The van der Waals surface area contributed by atoms with Gasteiger partial charge >= 0.3 is 0 Å². The number of aliphatic hydroxyl groups excluding tert-OH is 1. The summed E-state index contributed by atoms with van der Waals surface area (Å²) < 4.78 is 0. The Morgan fingerprint density at radius 2 is 1.79 bits per heavy atom. The highest BCUT2D eigenvalue weighted by molar-refractivity contribution is 5.91. The van der Waals surface area contributed by atoms with Gasteiger partial charge in [0.2, 0.25) is 5.91 Å². The molecule has 0 aliphatic carbocycles. The van der Waals surface area contributed by atoms with Crippen molar-refractivity contribution in [2.24, 2.45) is 0 Å². The minimum Gasteiger partial charge on any atom is -0.392 e. The van der Waals surface area contributed by atoms with Gasteiger partial charge in [0.1, 0.15) is 0 Å². The lowest BCUT2D eigenvalue weighted by atomic mass is 9.94. The van der Waals surface area contributed by atoms with E-state index in [-0.39, 0.29) is 12.5 Å². The van der Waals surface area contributed by atoms with E-state index in [1.54, 1.807) is 0 Å². The molecule has 0 radical (unpaired) electrons. The number of carbonyl (C=O) groups is 1. The normalized spacial score (nSPS) is 10.8. The molecule has 0 saturated heterocycles. The molecule has 0 aromatic heterocycles. The molecule has 3 nitrogen and oxygen atoms in total. The second kappa shape index (κ2) is 7.28. The molecule has 0 heterocycles. The highest BCUT2D eigenvalue weighted by Gasteiger charge is 2.07. The molecule has 3 aromatic rings. The van der Waals surface area contributed by atoms with Gasteiger partial charge in [0.25, 0.3) is 0 Å². The van der Waals surface area contributed by atoms with E-state index in [2.05, 4.69) is 35.6 Å². The average Bonchev–Trinajstić information content (AvgIpc) is 2.61. The Morgan fingerprint density at radius 3 is 2.50 bits per heavy atom. The number of fused-ring (bicyclic) bond motifs is 1. The van der Waals surface area contributed by atoms with Crippen molar-refractivity contribution >= 4 is 16.7 Å². The van der Waals surface area contributed by atoms with E-state index in [4.69, 9.17) is 0 Å². The summed E-state index contributed by atoms with van der Waals surface area (Å²) in [5.74, 6) is -0.0189. The summed E-state index contributed by atoms with van der Waals surface area (Å²) in [4.78, 5) is 11.1. The van der Waals surface area contributed by atoms with Gasteiger partial charge in [-0.25, -0.2) is 0 Å². The first kappa shape index (κ1) is 16.2. The summed E-state index contributed by atoms with van der Waals surface area (Å²) >= 11 is 0. The van der Waals surface area contributed by atoms with Gasteiger partial charge in [-0.1, -0.05) is 48.5 Å². The molecular weight excluding hydrogens is 298 g/mol. The second-order valence-electron chi connectivity index (χ2n) is 5.95. The van der Waals surface area contributed by atoms with Crippen molar-refractivity contribution in [1.29, 1.82) is 0 Å². The number of nitrogens with one attached hydrogen (secondary N) is 1. The molecule has 0 atom stereocenters. The van der Waals surface area contributed by atoms with Crippen molar-refractivity contribution in [3.05, 3.63) is 71.8 Å². The van der Waals surface area contributed by atoms with Crippen LogP contribution in [0, 0.1) is 0 Å². The van der Waals surface area contributed by atoms with Gasteiger partial charge in [-0.3, -0.25) is 4.79 Å². The van der Waals surface area contributed by atoms with E-state index < -0.39 is 0 Å². The summed E-state index contributed by atoms with van der Waals surface area (Å²) in [5.41, 5.74) is 4.41. The first-order valence-electron chi connectivity index (χ1n) is 8.13. The fraction of sp³-hybridized carbons (Fsp3) is 0.190. The number of aliphatic hydroxyl groups is 1. The van der Waals surface area contributed by atoms with Crippen LogP contribution in [-0.2, 0) is 17.8 Å². The molecule has 2 N–H and O–H groups in total. The summed E-state index contributed by atoms with van der Waals surface area (Å²) in [6.45, 7) is 2.16. The molecule has 3 aromatic carbocycles. The van der Waals surface area contributed by atoms with E-state index in [0.717, 1.165) is 28.3 Å². The molecule has 1 amide bonds. The molecule has 0 unspecified atom stereocenters. The topological polar surface area (TPSA) is 49.3 Å². The predicted molar refractivity (Wildman–Crippen MR) is 97.7 cm³/mol. The van der Waals surface area contributed by atoms with E-state index in [0.29, 0.717) is 6.54 Å². The van der Waals surface area contributed by atoms with Crippen LogP contribution in [0.4, 0.5) is 0 Å². The SMILES string of the molecule is CC(=O)NCCc1cc(-c2ccccc2)cc2ccc(CO)cc12. The quantitative estimate of drug-likeness (QED) is 0.754. The van der Waals surface area contributed by atoms with Crippen molar-refractivity contribution in [2.45, 2.75) is 20.0 Å². The van der Waals surface area contributed by atoms with Crippen molar-refractivity contribution in [2.75, 3.05) is 6.54 Å². The van der Waals surface area contributed by atoms with Gasteiger partial charge in [0, 0.05) is 13.5 Å². The molecule has 3 rings (SSSR count). The van der Waals surface area contributed by atoms with Gasteiger partial charge in [-0.2, -0.15) is 0 Å². The number of hydrogen-bond acceptors (Lipinski definition) is 2. The summed E-state index contributed by atoms with van der Waals surface area (Å²) in [6, 6.07) is 20.7. The van der Waals surface area contributed by atoms with Crippen molar-refractivity contribution in [1.82, 2.24) is 5.32 Å². The van der Waals surface area contributed by atoms with Crippen LogP contribution in [0.3, 0.4) is 0 Å². The highest BCUT2D eigenvalue weighted by Crippen LogP contribution is 2.29. The lowest BCUT2D eigenvalue weighted by Gasteiger charge is -2.12. The number of benzene rings is 3. The molecule has 0 saturated carbocycles. The zero-order valence-corrected chi connectivity index (χ0v) is 13.8. The zero-order chi connectivity index (χ0) is 16.9. The molecule has 0 spiro atoms. The zero-order valence-electron chi connectivity index (χ0n) is 13.8. The molecule has 3 heteroatoms. The van der Waals surface area contributed by atoms with Crippen molar-refractivity contribution in [3.8, 4) is 11.1 Å². The smallest absolute Gasteiger partial charge is 0.216 e. The van der Waals surface area contributed by atoms with Crippen LogP contribution >= 0.6 is 0 Å². The third-order valence-corrected chi connectivity index (χ3v) is 4.16. The molecule has 0 aliphatic heterocycles. The average molecular weight is 319 g/mol. The molecule has 0 aliphatic rings. The number of carbonyl (C=O) groups excluding carboxylic acids is 1. The number of amides is 1. The first-order chi connectivity index (χ1) is 11.7. The standard InChI is InChI=1S/C21H21NO2/c1-15(24)22-10-9-19-13-20(17-5-3-2-4-6-17)12-18-8-7-16(14-23)11-21(18)19/h2-8,11-13,23H,9-10,14H2,1H3,(H,22,24). The van der Waals surface area contributed by atoms with Gasteiger partial charge in [-0.15, -0.1) is 0 Å². The molecule has 122 valence electrons. The Bertz CT molecular complexity index is 856. The Labute approximate surface area is 142 Å². The van der Waals surface area contributed by atoms with Crippen LogP contribution in [0.15, 0.2) is 60.7 Å². The van der Waals surface area contributed by atoms with E-state index in [9.17, 15) is 9.90 Å². The van der Waals surface area contributed by atoms with Crippen LogP contribution in [0.25, 0.3) is 21.9 Å². The predicted octanol–water partition coefficient (Wildman–Crippen LogP) is 3.68. The second-order valence-corrected chi connectivity index (χ2v) is 5.95. The summed E-state index contributed by atoms with van der Waals surface area (Å²) in [5, 5.41) is 14.5. The molecule has 0 fully saturated rings. The van der Waals surface area contributed by atoms with Crippen molar-refractivity contribution in [3.63, 3.8) is 0 Å². The minimum atomic E-state index is -0.0189. The molecule has 24 heavy (non-hydrogen) atoms. The minimum absolute atomic E-state index is 0.0189. The fourth-order valence-corrected chi connectivity index (χ4v) is 2.96. The maximum atomic E-state index is 11.1. The van der Waals surface area contributed by atoms with E-state index in [1.807, 2.05) is 30.3 Å². The van der Waals surface area contributed by atoms with Gasteiger partial charge in [0.05, 0.1) is 6.61 Å². The maximum absolute atomic E-state index is 11.1. The van der Waals surface area contributed by atoms with Crippen LogP contribution in [-0.4, -0.2) is 17.6 Å². The first-order valence-corrected chi connectivity index (χ1v) is 8.13. The van der Waals surface area contributed by atoms with E-state index >= 15 is 0 Å². The Balaban J connectivity index is 2.07. The van der Waals surface area contributed by atoms with Gasteiger partial charge < -0.3 is 10.4 Å². The third kappa shape index (κ3) is 3.63. The monoisotopic (exact) mass is 319 g/mol. The van der Waals surface area contributed by atoms with Gasteiger partial charge in [0.15, 0.2) is 0 Å². The molecule has 0 bridgehead atoms. The van der Waals surface area contributed by atoms with Crippen LogP contribution in [0.1, 0.15) is 18.1 Å². The summed E-state index contributed by atoms with van der Waals surface area (Å²) in [6.07, 6.45) is 0.756. The lowest BCUT2D eigenvalue weighted by Crippen LogP contribution is -2.22. The van der Waals surface area contributed by atoms with Crippen LogP contribution in [0.2, 0.25) is 0 Å². The van der Waals surface area contributed by atoms with Gasteiger partial charge in [-0.05, 0) is 51.6 Å².